The number of esters is 4. The van der Waals surface area contributed by atoms with E-state index < -0.39 is 97.5 Å². The fourth-order valence-electron chi connectivity index (χ4n) is 9.51. The van der Waals surface area contributed by atoms with E-state index in [1.807, 2.05) is 18.2 Å². The molecule has 0 aliphatic heterocycles. The van der Waals surface area contributed by atoms with Crippen molar-refractivity contribution in [1.82, 2.24) is 0 Å². The van der Waals surface area contributed by atoms with Gasteiger partial charge in [0.05, 0.1) is 26.4 Å². The van der Waals surface area contributed by atoms with E-state index >= 15 is 0 Å². The van der Waals surface area contributed by atoms with Crippen LogP contribution in [0.25, 0.3) is 0 Å². The summed E-state index contributed by atoms with van der Waals surface area (Å²) < 4.78 is 68.4. The van der Waals surface area contributed by atoms with Gasteiger partial charge in [0.25, 0.3) is 0 Å². The normalized spacial score (nSPS) is 14.9. The number of phosphoric acid groups is 2. The Hall–Kier alpha value is -5.84. The van der Waals surface area contributed by atoms with E-state index in [2.05, 4.69) is 192 Å². The summed E-state index contributed by atoms with van der Waals surface area (Å²) in [5.74, 6) is -2.38. The van der Waals surface area contributed by atoms with Crippen LogP contribution in [-0.4, -0.2) is 96.7 Å². The Bertz CT molecular complexity index is 2690. The molecule has 0 rings (SSSR count). The first-order valence-corrected chi connectivity index (χ1v) is 42.0. The lowest BCUT2D eigenvalue weighted by Crippen LogP contribution is -2.30. The van der Waals surface area contributed by atoms with Crippen LogP contribution in [0.15, 0.2) is 182 Å². The largest absolute Gasteiger partial charge is 0.472 e. The van der Waals surface area contributed by atoms with Crippen molar-refractivity contribution in [2.24, 2.45) is 0 Å². The Labute approximate surface area is 628 Å². The third-order valence-corrected chi connectivity index (χ3v) is 17.3. The van der Waals surface area contributed by atoms with Gasteiger partial charge in [-0.2, -0.15) is 0 Å². The van der Waals surface area contributed by atoms with Gasteiger partial charge in [-0.3, -0.25) is 37.3 Å². The summed E-state index contributed by atoms with van der Waals surface area (Å²) in [5.41, 5.74) is 0. The predicted molar refractivity (Wildman–Crippen MR) is 426 cm³/mol. The Morgan fingerprint density at radius 1 is 0.279 bits per heavy atom. The Balaban J connectivity index is 5.49. The molecule has 17 nitrogen and oxygen atoms in total. The molecule has 0 aliphatic carbocycles. The van der Waals surface area contributed by atoms with Gasteiger partial charge >= 0.3 is 39.5 Å². The van der Waals surface area contributed by atoms with Gasteiger partial charge in [-0.1, -0.05) is 261 Å². The third-order valence-electron chi connectivity index (χ3n) is 15.4. The summed E-state index contributed by atoms with van der Waals surface area (Å²) >= 11 is 0. The molecule has 3 N–H and O–H groups in total. The minimum absolute atomic E-state index is 0.0273. The average molecular weight is 1490 g/mol. The maximum atomic E-state index is 13.1. The van der Waals surface area contributed by atoms with Crippen LogP contribution in [0.4, 0.5) is 0 Å². The first kappa shape index (κ1) is 98.2. The highest BCUT2D eigenvalue weighted by molar-refractivity contribution is 7.47. The molecule has 0 fully saturated rings. The topological polar surface area (TPSA) is 237 Å². The third kappa shape index (κ3) is 74.4. The van der Waals surface area contributed by atoms with Gasteiger partial charge in [-0.25, -0.2) is 9.13 Å². The molecule has 0 spiro atoms. The number of phosphoric ester groups is 2. The number of rotatable bonds is 71. The molecule has 0 heterocycles. The second-order valence-corrected chi connectivity index (χ2v) is 28.1. The van der Waals surface area contributed by atoms with Gasteiger partial charge in [0, 0.05) is 25.7 Å². The molecule has 104 heavy (non-hydrogen) atoms. The quantitative estimate of drug-likeness (QED) is 0.0169. The van der Waals surface area contributed by atoms with E-state index in [1.54, 1.807) is 0 Å². The Morgan fingerprint density at radius 3 is 0.856 bits per heavy atom. The van der Waals surface area contributed by atoms with Crippen LogP contribution in [0, 0.1) is 0 Å². The molecule has 0 aromatic rings. The fraction of sp³-hybridized carbons (Fsp3) is 0.600. The second-order valence-electron chi connectivity index (χ2n) is 25.1. The van der Waals surface area contributed by atoms with E-state index in [4.69, 9.17) is 37.0 Å². The maximum absolute atomic E-state index is 13.1. The molecular weight excluding hydrogens is 1350 g/mol. The van der Waals surface area contributed by atoms with E-state index in [-0.39, 0.29) is 25.7 Å². The van der Waals surface area contributed by atoms with Gasteiger partial charge in [0.2, 0.25) is 0 Å². The summed E-state index contributed by atoms with van der Waals surface area (Å²) in [4.78, 5) is 72.9. The number of allylic oxidation sites excluding steroid dienone is 30. The zero-order valence-electron chi connectivity index (χ0n) is 64.1. The molecule has 0 aromatic carbocycles. The maximum Gasteiger partial charge on any atom is 0.472 e. The van der Waals surface area contributed by atoms with E-state index in [1.165, 1.54) is 25.7 Å². The summed E-state index contributed by atoms with van der Waals surface area (Å²) in [6.45, 7) is 4.31. The van der Waals surface area contributed by atoms with Gasteiger partial charge in [-0.05, 0) is 167 Å². The molecule has 588 valence electrons. The van der Waals surface area contributed by atoms with Gasteiger partial charge < -0.3 is 33.8 Å². The van der Waals surface area contributed by atoms with Gasteiger partial charge in [0.15, 0.2) is 12.2 Å². The molecule has 0 saturated heterocycles. The number of ether oxygens (including phenoxy) is 4. The highest BCUT2D eigenvalue weighted by Gasteiger charge is 2.30. The lowest BCUT2D eigenvalue weighted by atomic mass is 10.1. The highest BCUT2D eigenvalue weighted by Crippen LogP contribution is 2.45. The van der Waals surface area contributed by atoms with E-state index in [0.29, 0.717) is 38.5 Å². The molecule has 0 bridgehead atoms. The van der Waals surface area contributed by atoms with Crippen LogP contribution in [0.1, 0.15) is 272 Å². The number of hydrogen-bond acceptors (Lipinski definition) is 15. The van der Waals surface area contributed by atoms with Crippen molar-refractivity contribution in [3.63, 3.8) is 0 Å². The van der Waals surface area contributed by atoms with Crippen molar-refractivity contribution in [2.45, 2.75) is 290 Å². The predicted octanol–water partition coefficient (Wildman–Crippen LogP) is 22.8. The highest BCUT2D eigenvalue weighted by atomic mass is 31.2. The monoisotopic (exact) mass is 1490 g/mol. The standard InChI is InChI=1S/C85H136O17P2/c1-5-9-13-17-21-25-29-33-36-38-39-41-44-47-50-54-58-62-66-70-83(88)95-75-80(101-84(89)71-67-63-59-55-51-45-32-28-24-20-16-12-8-4)77-99-103(91,92)97-73-79(86)74-98-104(93,94)100-78-81(102-85(90)72-68-64-60-56-52-48-42-35-31-27-23-19-15-11-7-3)76-96-82(87)69-65-61-57-53-49-46-43-40-37-34-30-26-22-18-14-10-6-2/h9-11,13-15,21-23,25-28,32-37,39,41-43,46-47,50,52,56,58,62,79-81,86H,5-8,12,16-20,24,29-31,38,40,44-45,48-49,51,53-55,57,59-61,63-78H2,1-4H3,(H,91,92)(H,93,94)/b13-9-,14-10-,15-11-,25-21-,26-22-,27-23-,32-28-,36-33-,37-34-,41-39-,42-35-,46-43-,50-47-,56-52-,62-58-. The molecule has 5 atom stereocenters. The summed E-state index contributed by atoms with van der Waals surface area (Å²) in [6, 6.07) is 0. The van der Waals surface area contributed by atoms with Crippen LogP contribution in [0.3, 0.4) is 0 Å². The fourth-order valence-corrected chi connectivity index (χ4v) is 11.1. The number of carbonyl (C=O) groups is 4. The van der Waals surface area contributed by atoms with Crippen molar-refractivity contribution in [3.8, 4) is 0 Å². The van der Waals surface area contributed by atoms with Crippen molar-refractivity contribution >= 4 is 39.5 Å². The SMILES string of the molecule is CC/C=C\C/C=C\C/C=C\C/C=C\C/C=C\C/C=C\CCC(=O)OCC(COP(=O)(O)OCC(O)COP(=O)(O)OCC(COC(=O)CCCCCC/C=C\C/C=C\C/C=C\C/C=C\CC)OC(=O)CCCC/C=C\C/C=C\C/C=C\C/C=C\CC)OC(=O)CCCCCCC/C=C\CCCCCC. The summed E-state index contributed by atoms with van der Waals surface area (Å²) in [5, 5.41) is 10.6. The van der Waals surface area contributed by atoms with Crippen molar-refractivity contribution in [3.05, 3.63) is 182 Å². The molecule has 0 amide bonds. The second kappa shape index (κ2) is 75.4. The molecule has 5 unspecified atom stereocenters. The minimum atomic E-state index is -5.01. The Morgan fingerprint density at radius 2 is 0.519 bits per heavy atom. The van der Waals surface area contributed by atoms with Gasteiger partial charge in [0.1, 0.15) is 19.3 Å². The molecule has 0 saturated carbocycles. The Kier molecular flexibility index (Phi) is 71.2. The number of carbonyl (C=O) groups excluding carboxylic acids is 4. The number of hydrogen-bond donors (Lipinski definition) is 3. The average Bonchev–Trinajstić information content (AvgIpc) is 0.939. The number of aliphatic hydroxyl groups is 1. The molecule has 0 radical (unpaired) electrons. The first-order chi connectivity index (χ1) is 50.7. The van der Waals surface area contributed by atoms with Gasteiger partial charge in [-0.15, -0.1) is 0 Å². The van der Waals surface area contributed by atoms with Crippen molar-refractivity contribution in [1.29, 1.82) is 0 Å². The minimum Gasteiger partial charge on any atom is -0.462 e. The summed E-state index contributed by atoms with van der Waals surface area (Å²) in [7, 11) is -10.0. The van der Waals surface area contributed by atoms with E-state index in [9.17, 15) is 43.2 Å². The number of aliphatic hydroxyl groups excluding tert-OH is 1. The van der Waals surface area contributed by atoms with Crippen LogP contribution in [0.2, 0.25) is 0 Å². The van der Waals surface area contributed by atoms with Crippen LogP contribution in [-0.2, 0) is 65.4 Å². The van der Waals surface area contributed by atoms with Crippen LogP contribution < -0.4 is 0 Å². The van der Waals surface area contributed by atoms with Crippen molar-refractivity contribution < 1.29 is 80.2 Å². The zero-order chi connectivity index (χ0) is 76.0. The zero-order valence-corrected chi connectivity index (χ0v) is 65.9. The molecule has 0 aromatic heterocycles. The van der Waals surface area contributed by atoms with Crippen LogP contribution in [0.5, 0.6) is 0 Å². The molecule has 19 heteroatoms. The molecule has 0 aliphatic rings. The lowest BCUT2D eigenvalue weighted by Gasteiger charge is -2.21. The first-order valence-electron chi connectivity index (χ1n) is 39.0. The number of unbranched alkanes of at least 4 members (excludes halogenated alkanes) is 15. The lowest BCUT2D eigenvalue weighted by molar-refractivity contribution is -0.161. The smallest absolute Gasteiger partial charge is 0.462 e. The van der Waals surface area contributed by atoms with E-state index in [0.717, 1.165) is 154 Å². The summed E-state index contributed by atoms with van der Waals surface area (Å²) in [6.07, 6.45) is 90.4. The van der Waals surface area contributed by atoms with Crippen molar-refractivity contribution in [2.75, 3.05) is 39.6 Å². The molecular formula is C85H136O17P2. The van der Waals surface area contributed by atoms with Crippen LogP contribution >= 0.6 is 15.6 Å².